The Bertz CT molecular complexity index is 878. The molecule has 4 rings (SSSR count). The second-order valence-corrected chi connectivity index (χ2v) is 6.82. The summed E-state index contributed by atoms with van der Waals surface area (Å²) in [6.07, 6.45) is 1.27. The lowest BCUT2D eigenvalue weighted by molar-refractivity contribution is -0.380. The van der Waals surface area contributed by atoms with Gasteiger partial charge in [-0.2, -0.15) is 0 Å². The van der Waals surface area contributed by atoms with Gasteiger partial charge in [-0.05, 0) is 29.5 Å². The molecular weight excluding hydrogens is 330 g/mol. The molecule has 122 valence electrons. The summed E-state index contributed by atoms with van der Waals surface area (Å²) < 4.78 is 0. The van der Waals surface area contributed by atoms with Gasteiger partial charge in [0.1, 0.15) is 5.54 Å². The van der Waals surface area contributed by atoms with Gasteiger partial charge in [0, 0.05) is 11.4 Å². The number of nitrogens with zero attached hydrogens (tertiary/aromatic N) is 2. The Morgan fingerprint density at radius 2 is 2.12 bits per heavy atom. The molecule has 0 radical (unpaired) electrons. The Balaban J connectivity index is 1.64. The van der Waals surface area contributed by atoms with E-state index in [1.807, 2.05) is 24.3 Å². The van der Waals surface area contributed by atoms with Gasteiger partial charge in [-0.1, -0.05) is 35.6 Å². The van der Waals surface area contributed by atoms with Crippen LogP contribution in [0.5, 0.6) is 0 Å². The Hall–Kier alpha value is -2.74. The lowest BCUT2D eigenvalue weighted by Gasteiger charge is -2.22. The van der Waals surface area contributed by atoms with Gasteiger partial charge < -0.3 is 5.32 Å². The molecule has 1 spiro atoms. The third-order valence-corrected chi connectivity index (χ3v) is 5.51. The monoisotopic (exact) mass is 343 g/mol. The maximum Gasteiger partial charge on any atom is 0.325 e. The fourth-order valence-electron chi connectivity index (χ4n) is 3.46. The van der Waals surface area contributed by atoms with Gasteiger partial charge in [0.2, 0.25) is 0 Å². The van der Waals surface area contributed by atoms with Crippen LogP contribution in [0.15, 0.2) is 35.7 Å². The van der Waals surface area contributed by atoms with Gasteiger partial charge in [0.15, 0.2) is 0 Å². The van der Waals surface area contributed by atoms with Crippen LogP contribution in [0.1, 0.15) is 23.1 Å². The van der Waals surface area contributed by atoms with Crippen LogP contribution < -0.4 is 5.32 Å². The van der Waals surface area contributed by atoms with Gasteiger partial charge in [-0.25, -0.2) is 4.79 Å². The molecule has 2 heterocycles. The van der Waals surface area contributed by atoms with Crippen molar-refractivity contribution in [3.05, 3.63) is 62.5 Å². The summed E-state index contributed by atoms with van der Waals surface area (Å²) in [4.78, 5) is 36.8. The molecule has 0 unspecified atom stereocenters. The van der Waals surface area contributed by atoms with Crippen molar-refractivity contribution in [2.45, 2.75) is 24.9 Å². The summed E-state index contributed by atoms with van der Waals surface area (Å²) in [5.41, 5.74) is 1.51. The molecular formula is C16H13N3O4S. The summed E-state index contributed by atoms with van der Waals surface area (Å²) >= 11 is 0.987. The summed E-state index contributed by atoms with van der Waals surface area (Å²) in [5.74, 6) is -0.286. The molecule has 24 heavy (non-hydrogen) atoms. The Labute approximate surface area is 141 Å². The highest BCUT2D eigenvalue weighted by Crippen LogP contribution is 2.41. The molecule has 1 aliphatic heterocycles. The number of hydrogen-bond acceptors (Lipinski definition) is 5. The molecule has 1 N–H and O–H groups in total. The number of benzene rings is 1. The molecule has 1 fully saturated rings. The second-order valence-electron chi connectivity index (χ2n) is 5.93. The topological polar surface area (TPSA) is 92.6 Å². The Morgan fingerprint density at radius 1 is 1.33 bits per heavy atom. The van der Waals surface area contributed by atoms with Crippen molar-refractivity contribution in [3.63, 3.8) is 0 Å². The van der Waals surface area contributed by atoms with Crippen LogP contribution in [0.25, 0.3) is 0 Å². The Kier molecular flexibility index (Phi) is 3.17. The van der Waals surface area contributed by atoms with Gasteiger partial charge in [-0.3, -0.25) is 19.8 Å². The van der Waals surface area contributed by atoms with E-state index in [0.717, 1.165) is 33.8 Å². The molecule has 1 aromatic carbocycles. The van der Waals surface area contributed by atoms with Crippen LogP contribution in [0.2, 0.25) is 0 Å². The number of rotatable bonds is 3. The van der Waals surface area contributed by atoms with Crippen LogP contribution >= 0.6 is 11.3 Å². The maximum absolute atomic E-state index is 13.0. The molecule has 2 aromatic rings. The molecule has 8 heteroatoms. The normalized spacial score (nSPS) is 22.1. The largest absolute Gasteiger partial charge is 0.325 e. The minimum absolute atomic E-state index is 0.00187. The van der Waals surface area contributed by atoms with E-state index in [1.165, 1.54) is 6.07 Å². The van der Waals surface area contributed by atoms with Crippen molar-refractivity contribution in [3.8, 4) is 0 Å². The lowest BCUT2D eigenvalue weighted by Crippen LogP contribution is -2.41. The number of carbonyl (C=O) groups excluding carboxylic acids is 2. The van der Waals surface area contributed by atoms with Crippen molar-refractivity contribution < 1.29 is 14.5 Å². The molecule has 2 aliphatic rings. The van der Waals surface area contributed by atoms with E-state index in [4.69, 9.17) is 0 Å². The molecule has 0 saturated carbocycles. The van der Waals surface area contributed by atoms with Crippen LogP contribution in [0.4, 0.5) is 9.80 Å². The van der Waals surface area contributed by atoms with E-state index >= 15 is 0 Å². The first kappa shape index (κ1) is 14.8. The maximum atomic E-state index is 13.0. The third kappa shape index (κ3) is 2.03. The SMILES string of the molecule is O=C1N[C@@]2(CCc3ccccc32)C(=O)N1Cc1csc([N+](=O)[O-])c1. The second kappa shape index (κ2) is 5.13. The van der Waals surface area contributed by atoms with Crippen LogP contribution in [0.3, 0.4) is 0 Å². The predicted octanol–water partition coefficient (Wildman–Crippen LogP) is 2.55. The molecule has 0 bridgehead atoms. The first-order valence-corrected chi connectivity index (χ1v) is 8.33. The van der Waals surface area contributed by atoms with E-state index in [9.17, 15) is 19.7 Å². The number of amides is 3. The fourth-order valence-corrected chi connectivity index (χ4v) is 4.18. The number of carbonyl (C=O) groups is 2. The van der Waals surface area contributed by atoms with Gasteiger partial charge in [-0.15, -0.1) is 0 Å². The van der Waals surface area contributed by atoms with E-state index < -0.39 is 16.5 Å². The van der Waals surface area contributed by atoms with Crippen LogP contribution in [-0.2, 0) is 23.3 Å². The van der Waals surface area contributed by atoms with Crippen molar-refractivity contribution in [1.29, 1.82) is 0 Å². The number of urea groups is 1. The number of nitro groups is 1. The first-order valence-electron chi connectivity index (χ1n) is 7.45. The smallest absolute Gasteiger partial charge is 0.319 e. The number of fused-ring (bicyclic) bond motifs is 2. The van der Waals surface area contributed by atoms with Gasteiger partial charge >= 0.3 is 11.0 Å². The van der Waals surface area contributed by atoms with E-state index in [-0.39, 0.29) is 17.5 Å². The summed E-state index contributed by atoms with van der Waals surface area (Å²) in [6.45, 7) is 0.0406. The molecule has 1 atom stereocenters. The lowest BCUT2D eigenvalue weighted by atomic mass is 9.92. The first-order chi connectivity index (χ1) is 11.5. The number of nitrogens with one attached hydrogen (secondary N) is 1. The quantitative estimate of drug-likeness (QED) is 0.526. The highest BCUT2D eigenvalue weighted by molar-refractivity contribution is 7.13. The number of aryl methyl sites for hydroxylation is 1. The number of hydrogen-bond donors (Lipinski definition) is 1. The van der Waals surface area contributed by atoms with E-state index in [0.29, 0.717) is 12.0 Å². The minimum atomic E-state index is -0.990. The third-order valence-electron chi connectivity index (χ3n) is 4.58. The summed E-state index contributed by atoms with van der Waals surface area (Å²) in [6, 6.07) is 8.56. The average Bonchev–Trinajstić information content (AvgIpc) is 3.23. The van der Waals surface area contributed by atoms with Crippen molar-refractivity contribution >= 4 is 28.3 Å². The Morgan fingerprint density at radius 3 is 2.88 bits per heavy atom. The minimum Gasteiger partial charge on any atom is -0.319 e. The highest BCUT2D eigenvalue weighted by atomic mass is 32.1. The van der Waals surface area contributed by atoms with Crippen molar-refractivity contribution in [2.24, 2.45) is 0 Å². The molecule has 1 aromatic heterocycles. The van der Waals surface area contributed by atoms with Gasteiger partial charge in [0.05, 0.1) is 11.5 Å². The van der Waals surface area contributed by atoms with E-state index in [1.54, 1.807) is 5.38 Å². The summed E-state index contributed by atoms with van der Waals surface area (Å²) in [5, 5.41) is 15.2. The van der Waals surface area contributed by atoms with E-state index in [2.05, 4.69) is 5.32 Å². The molecule has 1 aliphatic carbocycles. The van der Waals surface area contributed by atoms with Gasteiger partial charge in [0.25, 0.3) is 5.91 Å². The standard InChI is InChI=1S/C16H13N3O4S/c20-14-16(6-5-11-3-1-2-4-12(11)16)17-15(21)18(14)8-10-7-13(19(22)23)24-9-10/h1-4,7,9H,5-6,8H2,(H,17,21)/t16-/m1/s1. The molecule has 7 nitrogen and oxygen atoms in total. The number of imide groups is 1. The van der Waals surface area contributed by atoms with Crippen molar-refractivity contribution in [1.82, 2.24) is 10.2 Å². The number of thiophene rings is 1. The average molecular weight is 343 g/mol. The summed E-state index contributed by atoms with van der Waals surface area (Å²) in [7, 11) is 0. The fraction of sp³-hybridized carbons (Fsp3) is 0.250. The molecule has 1 saturated heterocycles. The zero-order valence-corrected chi connectivity index (χ0v) is 13.3. The molecule has 3 amide bonds. The zero-order valence-electron chi connectivity index (χ0n) is 12.5. The zero-order chi connectivity index (χ0) is 16.9. The highest BCUT2D eigenvalue weighted by Gasteiger charge is 2.55. The van der Waals surface area contributed by atoms with Crippen LogP contribution in [0, 0.1) is 10.1 Å². The van der Waals surface area contributed by atoms with Crippen molar-refractivity contribution in [2.75, 3.05) is 0 Å². The van der Waals surface area contributed by atoms with Crippen LogP contribution in [-0.4, -0.2) is 21.8 Å². The predicted molar refractivity (Wildman–Crippen MR) is 86.5 cm³/mol.